The average molecular weight is 365 g/mol. The number of anilines is 1. The zero-order valence-electron chi connectivity index (χ0n) is 11.4. The molecule has 116 valence electrons. The van der Waals surface area contributed by atoms with E-state index in [4.69, 9.17) is 5.11 Å². The lowest BCUT2D eigenvalue weighted by molar-refractivity contribution is -0.139. The summed E-state index contributed by atoms with van der Waals surface area (Å²) in [4.78, 5) is 22.7. The van der Waals surface area contributed by atoms with E-state index in [1.54, 1.807) is 13.8 Å². The number of hydrogen-bond acceptors (Lipinski definition) is 2. The normalized spacial score (nSPS) is 12.1. The Balaban J connectivity index is 2.79. The lowest BCUT2D eigenvalue weighted by atomic mass is 10.0. The van der Waals surface area contributed by atoms with E-state index in [0.29, 0.717) is 0 Å². The molecule has 1 aromatic rings. The number of aliphatic carboxylic acids is 1. The van der Waals surface area contributed by atoms with Gasteiger partial charge in [0, 0.05) is 4.47 Å². The summed E-state index contributed by atoms with van der Waals surface area (Å²) < 4.78 is 27.3. The van der Waals surface area contributed by atoms with Gasteiger partial charge < -0.3 is 15.7 Å². The maximum atomic E-state index is 13.5. The number of carbonyl (C=O) groups excluding carboxylic acids is 1. The fourth-order valence-electron chi connectivity index (χ4n) is 1.66. The molecule has 8 heteroatoms. The van der Waals surface area contributed by atoms with Crippen LogP contribution in [0.25, 0.3) is 0 Å². The highest BCUT2D eigenvalue weighted by atomic mass is 79.9. The third-order valence-electron chi connectivity index (χ3n) is 2.56. The fourth-order valence-corrected chi connectivity index (χ4v) is 2.06. The van der Waals surface area contributed by atoms with Gasteiger partial charge in [0.15, 0.2) is 11.6 Å². The summed E-state index contributed by atoms with van der Waals surface area (Å²) in [6.45, 7) is 3.59. The van der Waals surface area contributed by atoms with Crippen LogP contribution in [0.2, 0.25) is 0 Å². The lowest BCUT2D eigenvalue weighted by Crippen LogP contribution is -2.43. The molecule has 0 spiro atoms. The molecule has 0 saturated heterocycles. The van der Waals surface area contributed by atoms with Gasteiger partial charge in [-0.05, 0) is 24.5 Å². The van der Waals surface area contributed by atoms with Crippen molar-refractivity contribution in [2.24, 2.45) is 5.92 Å². The molecule has 0 aliphatic rings. The maximum Gasteiger partial charge on any atom is 0.326 e. The molecule has 0 aromatic heterocycles. The van der Waals surface area contributed by atoms with Crippen molar-refractivity contribution in [3.05, 3.63) is 28.2 Å². The van der Waals surface area contributed by atoms with Gasteiger partial charge in [-0.25, -0.2) is 18.4 Å². The van der Waals surface area contributed by atoms with Crippen molar-refractivity contribution in [3.63, 3.8) is 0 Å². The van der Waals surface area contributed by atoms with E-state index < -0.39 is 35.4 Å². The Morgan fingerprint density at radius 2 is 1.81 bits per heavy atom. The van der Waals surface area contributed by atoms with Gasteiger partial charge >= 0.3 is 12.0 Å². The highest BCUT2D eigenvalue weighted by Crippen LogP contribution is 2.23. The Labute approximate surface area is 128 Å². The minimum absolute atomic E-state index is 0.0348. The third-order valence-corrected chi connectivity index (χ3v) is 3.01. The number of carboxylic acid groups (broad SMARTS) is 1. The van der Waals surface area contributed by atoms with E-state index in [2.05, 4.69) is 21.2 Å². The molecule has 21 heavy (non-hydrogen) atoms. The quantitative estimate of drug-likeness (QED) is 0.749. The van der Waals surface area contributed by atoms with Gasteiger partial charge in [-0.2, -0.15) is 0 Å². The van der Waals surface area contributed by atoms with Gasteiger partial charge in [-0.15, -0.1) is 0 Å². The van der Waals surface area contributed by atoms with Crippen LogP contribution in [-0.2, 0) is 4.79 Å². The van der Waals surface area contributed by atoms with Crippen molar-refractivity contribution >= 4 is 33.6 Å². The first-order valence-electron chi connectivity index (χ1n) is 6.15. The first-order valence-corrected chi connectivity index (χ1v) is 6.95. The second-order valence-electron chi connectivity index (χ2n) is 4.86. The van der Waals surface area contributed by atoms with Crippen molar-refractivity contribution in [1.82, 2.24) is 5.32 Å². The average Bonchev–Trinajstić information content (AvgIpc) is 2.32. The molecule has 0 radical (unpaired) electrons. The summed E-state index contributed by atoms with van der Waals surface area (Å²) in [6.07, 6.45) is 0.202. The number of carbonyl (C=O) groups is 2. The summed E-state index contributed by atoms with van der Waals surface area (Å²) in [5, 5.41) is 13.1. The SMILES string of the molecule is CC(C)CC(NC(=O)Nc1c(F)cc(Br)cc1F)C(=O)O. The Kier molecular flexibility index (Phi) is 6.07. The zero-order chi connectivity index (χ0) is 16.2. The number of urea groups is 1. The highest BCUT2D eigenvalue weighted by Gasteiger charge is 2.22. The molecule has 0 bridgehead atoms. The van der Waals surface area contributed by atoms with Crippen molar-refractivity contribution in [2.75, 3.05) is 5.32 Å². The highest BCUT2D eigenvalue weighted by molar-refractivity contribution is 9.10. The summed E-state index contributed by atoms with van der Waals surface area (Å²) in [5.74, 6) is -3.11. The number of nitrogens with one attached hydrogen (secondary N) is 2. The Morgan fingerprint density at radius 1 is 1.29 bits per heavy atom. The molecular weight excluding hydrogens is 350 g/mol. The molecule has 1 atom stereocenters. The molecule has 0 aliphatic heterocycles. The predicted octanol–water partition coefficient (Wildman–Crippen LogP) is 3.35. The summed E-state index contributed by atoms with van der Waals surface area (Å²) >= 11 is 2.91. The van der Waals surface area contributed by atoms with Crippen LogP contribution >= 0.6 is 15.9 Å². The summed E-state index contributed by atoms with van der Waals surface area (Å²) in [7, 11) is 0. The summed E-state index contributed by atoms with van der Waals surface area (Å²) in [5.41, 5.74) is -0.635. The minimum atomic E-state index is -1.21. The fraction of sp³-hybridized carbons (Fsp3) is 0.385. The number of hydrogen-bond donors (Lipinski definition) is 3. The van der Waals surface area contributed by atoms with Gasteiger partial charge in [0.2, 0.25) is 0 Å². The van der Waals surface area contributed by atoms with Crippen LogP contribution in [0.3, 0.4) is 0 Å². The molecular formula is C13H15BrF2N2O3. The molecule has 0 fully saturated rings. The van der Waals surface area contributed by atoms with Crippen molar-refractivity contribution in [1.29, 1.82) is 0 Å². The first kappa shape index (κ1) is 17.4. The number of halogens is 3. The van der Waals surface area contributed by atoms with E-state index in [-0.39, 0.29) is 16.8 Å². The van der Waals surface area contributed by atoms with Crippen molar-refractivity contribution in [3.8, 4) is 0 Å². The molecule has 1 rings (SSSR count). The molecule has 1 unspecified atom stereocenters. The molecule has 0 heterocycles. The van der Waals surface area contributed by atoms with E-state index in [1.807, 2.05) is 5.32 Å². The first-order chi connectivity index (χ1) is 9.70. The largest absolute Gasteiger partial charge is 0.480 e. The molecule has 1 aromatic carbocycles. The lowest BCUT2D eigenvalue weighted by Gasteiger charge is -2.17. The standard InChI is InChI=1S/C13H15BrF2N2O3/c1-6(2)3-10(12(19)20)17-13(21)18-11-8(15)4-7(14)5-9(11)16/h4-6,10H,3H2,1-2H3,(H,19,20)(H2,17,18,21). The number of benzene rings is 1. The van der Waals surface area contributed by atoms with Crippen LogP contribution in [0, 0.1) is 17.6 Å². The predicted molar refractivity (Wildman–Crippen MR) is 77.1 cm³/mol. The van der Waals surface area contributed by atoms with Crippen LogP contribution in [0.15, 0.2) is 16.6 Å². The van der Waals surface area contributed by atoms with Crippen molar-refractivity contribution < 1.29 is 23.5 Å². The van der Waals surface area contributed by atoms with Gasteiger partial charge in [-0.1, -0.05) is 29.8 Å². The van der Waals surface area contributed by atoms with Gasteiger partial charge in [-0.3, -0.25) is 0 Å². The molecule has 0 saturated carbocycles. The van der Waals surface area contributed by atoms with Gasteiger partial charge in [0.25, 0.3) is 0 Å². The molecule has 5 nitrogen and oxygen atoms in total. The smallest absolute Gasteiger partial charge is 0.326 e. The Morgan fingerprint density at radius 3 is 2.24 bits per heavy atom. The van der Waals surface area contributed by atoms with E-state index in [0.717, 1.165) is 12.1 Å². The van der Waals surface area contributed by atoms with Crippen LogP contribution in [0.1, 0.15) is 20.3 Å². The second kappa shape index (κ2) is 7.35. The minimum Gasteiger partial charge on any atom is -0.480 e. The molecule has 3 N–H and O–H groups in total. The van der Waals surface area contributed by atoms with Crippen molar-refractivity contribution in [2.45, 2.75) is 26.3 Å². The van der Waals surface area contributed by atoms with Crippen LogP contribution in [0.5, 0.6) is 0 Å². The maximum absolute atomic E-state index is 13.5. The van der Waals surface area contributed by atoms with Gasteiger partial charge in [0.05, 0.1) is 0 Å². The Hall–Kier alpha value is -1.70. The topological polar surface area (TPSA) is 78.4 Å². The molecule has 2 amide bonds. The molecule has 0 aliphatic carbocycles. The summed E-state index contributed by atoms with van der Waals surface area (Å²) in [6, 6.07) is -0.141. The van der Waals surface area contributed by atoms with Crippen LogP contribution < -0.4 is 10.6 Å². The second-order valence-corrected chi connectivity index (χ2v) is 5.78. The van der Waals surface area contributed by atoms with Crippen LogP contribution in [-0.4, -0.2) is 23.1 Å². The Bertz CT molecular complexity index is 529. The van der Waals surface area contributed by atoms with Crippen LogP contribution in [0.4, 0.5) is 19.3 Å². The number of rotatable bonds is 5. The monoisotopic (exact) mass is 364 g/mol. The van der Waals surface area contributed by atoms with E-state index >= 15 is 0 Å². The van der Waals surface area contributed by atoms with E-state index in [1.165, 1.54) is 0 Å². The van der Waals surface area contributed by atoms with E-state index in [9.17, 15) is 18.4 Å². The van der Waals surface area contributed by atoms with Gasteiger partial charge in [0.1, 0.15) is 11.7 Å². The number of amides is 2. The number of carboxylic acids is 1. The third kappa shape index (κ3) is 5.30. The zero-order valence-corrected chi connectivity index (χ0v) is 13.0.